The predicted molar refractivity (Wildman–Crippen MR) is 74.7 cm³/mol. The van der Waals surface area contributed by atoms with Crippen molar-refractivity contribution in [3.63, 3.8) is 0 Å². The van der Waals surface area contributed by atoms with Gasteiger partial charge in [-0.3, -0.25) is 14.0 Å². The van der Waals surface area contributed by atoms with Crippen LogP contribution in [0.4, 0.5) is 0 Å². The second kappa shape index (κ2) is 6.24. The lowest BCUT2D eigenvalue weighted by Crippen LogP contribution is -2.23. The number of nitrogens with zero attached hydrogens (tertiary/aromatic N) is 1. The van der Waals surface area contributed by atoms with E-state index in [2.05, 4.69) is 4.98 Å². The van der Waals surface area contributed by atoms with Gasteiger partial charge < -0.3 is 5.73 Å². The summed E-state index contributed by atoms with van der Waals surface area (Å²) in [7, 11) is -1.39. The molecular formula is C14H14N2O2S. The second-order valence-corrected chi connectivity index (χ2v) is 5.58. The third-order valence-electron chi connectivity index (χ3n) is 2.66. The number of pyridine rings is 1. The Balaban J connectivity index is 2.40. The van der Waals surface area contributed by atoms with E-state index in [1.165, 1.54) is 0 Å². The lowest BCUT2D eigenvalue weighted by molar-refractivity contribution is -0.115. The number of primary amides is 1. The van der Waals surface area contributed by atoms with Gasteiger partial charge in [0.25, 0.3) is 0 Å². The molecule has 2 atom stereocenters. The average Bonchev–Trinajstić information content (AvgIpc) is 2.40. The summed E-state index contributed by atoms with van der Waals surface area (Å²) in [6, 6.07) is 13.0. The monoisotopic (exact) mass is 274 g/mol. The number of aromatic nitrogens is 1. The zero-order valence-corrected chi connectivity index (χ0v) is 11.0. The highest BCUT2D eigenvalue weighted by Crippen LogP contribution is 2.27. The Morgan fingerprint density at radius 2 is 1.68 bits per heavy atom. The molecule has 1 aromatic heterocycles. The lowest BCUT2D eigenvalue weighted by atomic mass is 10.1. The van der Waals surface area contributed by atoms with E-state index in [0.717, 1.165) is 11.1 Å². The van der Waals surface area contributed by atoms with Gasteiger partial charge in [-0.15, -0.1) is 0 Å². The summed E-state index contributed by atoms with van der Waals surface area (Å²) in [5.74, 6) is -0.713. The van der Waals surface area contributed by atoms with Gasteiger partial charge in [0.2, 0.25) is 5.91 Å². The molecule has 2 rings (SSSR count). The SMILES string of the molecule is NC(=O)CS(=O)C(c1ccccc1)c1ccncc1. The van der Waals surface area contributed by atoms with Crippen LogP contribution in [0.25, 0.3) is 0 Å². The van der Waals surface area contributed by atoms with Gasteiger partial charge in [0.1, 0.15) is 5.75 Å². The minimum atomic E-state index is -1.39. The van der Waals surface area contributed by atoms with Crippen molar-refractivity contribution in [1.82, 2.24) is 4.98 Å². The maximum absolute atomic E-state index is 12.3. The normalized spacial score (nSPS) is 13.7. The van der Waals surface area contributed by atoms with E-state index in [1.807, 2.05) is 30.3 Å². The van der Waals surface area contributed by atoms with Crippen LogP contribution in [-0.4, -0.2) is 20.9 Å². The molecular weight excluding hydrogens is 260 g/mol. The summed E-state index contributed by atoms with van der Waals surface area (Å²) in [5, 5.41) is -0.364. The van der Waals surface area contributed by atoms with E-state index >= 15 is 0 Å². The molecule has 0 saturated carbocycles. The first-order valence-corrected chi connectivity index (χ1v) is 7.17. The Bertz CT molecular complexity index is 533. The van der Waals surface area contributed by atoms with E-state index in [0.29, 0.717) is 0 Å². The molecule has 0 aliphatic rings. The maximum Gasteiger partial charge on any atom is 0.230 e. The van der Waals surface area contributed by atoms with Crippen molar-refractivity contribution in [2.24, 2.45) is 5.73 Å². The fourth-order valence-electron chi connectivity index (χ4n) is 1.89. The first-order chi connectivity index (χ1) is 9.18. The van der Waals surface area contributed by atoms with Crippen LogP contribution in [0.2, 0.25) is 0 Å². The number of rotatable bonds is 5. The molecule has 0 aliphatic carbocycles. The van der Waals surface area contributed by atoms with Crippen LogP contribution in [0.1, 0.15) is 16.4 Å². The van der Waals surface area contributed by atoms with Crippen molar-refractivity contribution in [3.05, 3.63) is 66.0 Å². The average molecular weight is 274 g/mol. The van der Waals surface area contributed by atoms with Crippen molar-refractivity contribution in [2.45, 2.75) is 5.25 Å². The van der Waals surface area contributed by atoms with E-state index in [-0.39, 0.29) is 11.0 Å². The van der Waals surface area contributed by atoms with Gasteiger partial charge in [-0.05, 0) is 23.3 Å². The molecule has 1 amide bonds. The molecule has 0 saturated heterocycles. The van der Waals surface area contributed by atoms with E-state index < -0.39 is 16.7 Å². The van der Waals surface area contributed by atoms with Crippen molar-refractivity contribution in [1.29, 1.82) is 0 Å². The molecule has 2 unspecified atom stereocenters. The highest BCUT2D eigenvalue weighted by Gasteiger charge is 2.22. The van der Waals surface area contributed by atoms with Gasteiger partial charge in [0, 0.05) is 23.2 Å². The Morgan fingerprint density at radius 1 is 1.11 bits per heavy atom. The van der Waals surface area contributed by atoms with Gasteiger partial charge in [0.15, 0.2) is 0 Å². The molecule has 0 aliphatic heterocycles. The summed E-state index contributed by atoms with van der Waals surface area (Å²) in [6.07, 6.45) is 3.29. The van der Waals surface area contributed by atoms with E-state index in [9.17, 15) is 9.00 Å². The van der Waals surface area contributed by atoms with Crippen molar-refractivity contribution < 1.29 is 9.00 Å². The number of nitrogens with two attached hydrogens (primary N) is 1. The molecule has 1 aromatic carbocycles. The first kappa shape index (κ1) is 13.4. The predicted octanol–water partition coefficient (Wildman–Crippen LogP) is 1.40. The minimum absolute atomic E-state index is 0.151. The number of hydrogen-bond donors (Lipinski definition) is 1. The third kappa shape index (κ3) is 3.48. The van der Waals surface area contributed by atoms with Gasteiger partial charge in [-0.2, -0.15) is 0 Å². The first-order valence-electron chi connectivity index (χ1n) is 5.79. The molecule has 2 aromatic rings. The number of carbonyl (C=O) groups excluding carboxylic acids is 1. The fourth-order valence-corrected chi connectivity index (χ4v) is 3.25. The van der Waals surface area contributed by atoms with Crippen LogP contribution in [0, 0.1) is 0 Å². The molecule has 0 spiro atoms. The highest BCUT2D eigenvalue weighted by atomic mass is 32.2. The third-order valence-corrected chi connectivity index (χ3v) is 4.30. The summed E-state index contributed by atoms with van der Waals surface area (Å²) in [4.78, 5) is 14.9. The zero-order chi connectivity index (χ0) is 13.7. The molecule has 0 bridgehead atoms. The zero-order valence-electron chi connectivity index (χ0n) is 10.2. The lowest BCUT2D eigenvalue weighted by Gasteiger charge is -2.16. The number of carbonyl (C=O) groups is 1. The van der Waals surface area contributed by atoms with Crippen molar-refractivity contribution in [3.8, 4) is 0 Å². The Labute approximate surface area is 114 Å². The Morgan fingerprint density at radius 3 is 2.26 bits per heavy atom. The number of benzene rings is 1. The molecule has 19 heavy (non-hydrogen) atoms. The molecule has 0 fully saturated rings. The van der Waals surface area contributed by atoms with Gasteiger partial charge in [-0.1, -0.05) is 30.3 Å². The van der Waals surface area contributed by atoms with Crippen LogP contribution >= 0.6 is 0 Å². The van der Waals surface area contributed by atoms with Gasteiger partial charge >= 0.3 is 0 Å². The van der Waals surface area contributed by atoms with Crippen LogP contribution in [0.15, 0.2) is 54.9 Å². The molecule has 4 nitrogen and oxygen atoms in total. The van der Waals surface area contributed by atoms with Gasteiger partial charge in [-0.25, -0.2) is 0 Å². The fraction of sp³-hybridized carbons (Fsp3) is 0.143. The van der Waals surface area contributed by atoms with Crippen LogP contribution < -0.4 is 5.73 Å². The smallest absolute Gasteiger partial charge is 0.230 e. The standard InChI is InChI=1S/C14H14N2O2S/c15-13(17)10-19(18)14(11-4-2-1-3-5-11)12-6-8-16-9-7-12/h1-9,14H,10H2,(H2,15,17). The molecule has 5 heteroatoms. The van der Waals surface area contributed by atoms with Crippen molar-refractivity contribution in [2.75, 3.05) is 5.75 Å². The summed E-state index contributed by atoms with van der Waals surface area (Å²) >= 11 is 0. The summed E-state index contributed by atoms with van der Waals surface area (Å²) < 4.78 is 12.3. The number of hydrogen-bond acceptors (Lipinski definition) is 3. The largest absolute Gasteiger partial charge is 0.369 e. The molecule has 0 radical (unpaired) electrons. The van der Waals surface area contributed by atoms with Crippen molar-refractivity contribution >= 4 is 16.7 Å². The van der Waals surface area contributed by atoms with E-state index in [4.69, 9.17) is 5.73 Å². The van der Waals surface area contributed by atoms with Crippen LogP contribution in [-0.2, 0) is 15.6 Å². The quantitative estimate of drug-likeness (QED) is 0.895. The topological polar surface area (TPSA) is 73.1 Å². The molecule has 1 heterocycles. The minimum Gasteiger partial charge on any atom is -0.369 e. The molecule has 2 N–H and O–H groups in total. The highest BCUT2D eigenvalue weighted by molar-refractivity contribution is 7.86. The number of amides is 1. The Hall–Kier alpha value is -2.01. The van der Waals surface area contributed by atoms with Crippen LogP contribution in [0.3, 0.4) is 0 Å². The summed E-state index contributed by atoms with van der Waals surface area (Å²) in [6.45, 7) is 0. The second-order valence-electron chi connectivity index (χ2n) is 4.06. The van der Waals surface area contributed by atoms with E-state index in [1.54, 1.807) is 24.5 Å². The Kier molecular flexibility index (Phi) is 4.41. The summed E-state index contributed by atoms with van der Waals surface area (Å²) in [5.41, 5.74) is 6.90. The maximum atomic E-state index is 12.3. The van der Waals surface area contributed by atoms with Crippen LogP contribution in [0.5, 0.6) is 0 Å². The molecule has 98 valence electrons. The van der Waals surface area contributed by atoms with Gasteiger partial charge in [0.05, 0.1) is 5.25 Å².